The van der Waals surface area contributed by atoms with Crippen LogP contribution in [0.5, 0.6) is 0 Å². The molecule has 0 amide bonds. The summed E-state index contributed by atoms with van der Waals surface area (Å²) in [6.07, 6.45) is -1.47. The molecule has 0 spiro atoms. The van der Waals surface area contributed by atoms with Gasteiger partial charge in [-0.1, -0.05) is 0 Å². The fraction of sp³-hybridized carbons (Fsp3) is 0.400. The van der Waals surface area contributed by atoms with Crippen molar-refractivity contribution < 1.29 is 8.78 Å². The van der Waals surface area contributed by atoms with Crippen LogP contribution in [0.1, 0.15) is 5.56 Å². The Morgan fingerprint density at radius 2 is 2.07 bits per heavy atom. The molecule has 0 N–H and O–H groups in total. The summed E-state index contributed by atoms with van der Waals surface area (Å²) in [6.45, 7) is -0.0697. The zero-order valence-electron chi connectivity index (χ0n) is 7.90. The van der Waals surface area contributed by atoms with E-state index in [9.17, 15) is 8.78 Å². The molecule has 0 saturated carbocycles. The number of anilines is 1. The first-order valence-electron chi connectivity index (χ1n) is 4.60. The van der Waals surface area contributed by atoms with E-state index in [1.807, 2.05) is 6.07 Å². The Morgan fingerprint density at radius 3 is 2.67 bits per heavy atom. The molecule has 1 aromatic heterocycles. The highest BCUT2D eigenvalue weighted by Crippen LogP contribution is 2.24. The molecule has 3 nitrogen and oxygen atoms in total. The Kier molecular flexibility index (Phi) is 2.50. The molecular formula is C10H9F2N3. The minimum absolute atomic E-state index is 0.0349. The first kappa shape index (κ1) is 9.84. The number of pyridine rings is 1. The molecule has 2 heterocycles. The Balaban J connectivity index is 2.28. The Labute approximate surface area is 86.0 Å². The molecule has 15 heavy (non-hydrogen) atoms. The number of hydrogen-bond acceptors (Lipinski definition) is 3. The summed E-state index contributed by atoms with van der Waals surface area (Å²) in [7, 11) is 0. The van der Waals surface area contributed by atoms with Crippen molar-refractivity contribution in [3.8, 4) is 6.07 Å². The molecule has 0 bridgehead atoms. The standard InChI is InChI=1S/C10H9F2N3/c11-8-5-15(6-9(8)12)10-7(4-13)2-1-3-14-10/h1-3,8-9H,5-6H2/t8-,9+. The van der Waals surface area contributed by atoms with Gasteiger partial charge in [-0.2, -0.15) is 5.26 Å². The van der Waals surface area contributed by atoms with E-state index in [4.69, 9.17) is 5.26 Å². The maximum atomic E-state index is 13.0. The van der Waals surface area contributed by atoms with Crippen molar-refractivity contribution in [2.45, 2.75) is 12.3 Å². The largest absolute Gasteiger partial charge is 0.349 e. The van der Waals surface area contributed by atoms with Gasteiger partial charge in [0.25, 0.3) is 0 Å². The molecule has 1 aliphatic rings. The van der Waals surface area contributed by atoms with E-state index < -0.39 is 12.3 Å². The van der Waals surface area contributed by atoms with Crippen LogP contribution in [0, 0.1) is 11.3 Å². The van der Waals surface area contributed by atoms with Crippen molar-refractivity contribution in [3.63, 3.8) is 0 Å². The first-order valence-corrected chi connectivity index (χ1v) is 4.60. The van der Waals surface area contributed by atoms with Gasteiger partial charge in [-0.15, -0.1) is 0 Å². The van der Waals surface area contributed by atoms with Gasteiger partial charge in [-0.25, -0.2) is 13.8 Å². The minimum Gasteiger partial charge on any atom is -0.349 e. The van der Waals surface area contributed by atoms with Crippen LogP contribution in [0.2, 0.25) is 0 Å². The summed E-state index contributed by atoms with van der Waals surface area (Å²) < 4.78 is 25.9. The average Bonchev–Trinajstić information content (AvgIpc) is 2.59. The zero-order chi connectivity index (χ0) is 10.8. The second kappa shape index (κ2) is 3.81. The lowest BCUT2D eigenvalue weighted by Gasteiger charge is -2.16. The van der Waals surface area contributed by atoms with Gasteiger partial charge in [0.05, 0.1) is 18.7 Å². The summed E-state index contributed by atoms with van der Waals surface area (Å²) in [5, 5.41) is 8.81. The fourth-order valence-electron chi connectivity index (χ4n) is 1.63. The minimum atomic E-state index is -1.49. The lowest BCUT2D eigenvalue weighted by Crippen LogP contribution is -2.22. The summed E-state index contributed by atoms with van der Waals surface area (Å²) >= 11 is 0. The van der Waals surface area contributed by atoms with E-state index in [-0.39, 0.29) is 13.1 Å². The highest BCUT2D eigenvalue weighted by molar-refractivity contribution is 5.54. The third-order valence-electron chi connectivity index (χ3n) is 2.39. The van der Waals surface area contributed by atoms with Gasteiger partial charge >= 0.3 is 0 Å². The van der Waals surface area contributed by atoms with Crippen LogP contribution in [-0.4, -0.2) is 30.4 Å². The fourth-order valence-corrected chi connectivity index (χ4v) is 1.63. The van der Waals surface area contributed by atoms with Crippen molar-refractivity contribution in [2.24, 2.45) is 0 Å². The van der Waals surface area contributed by atoms with Crippen LogP contribution in [0.15, 0.2) is 18.3 Å². The summed E-state index contributed by atoms with van der Waals surface area (Å²) in [4.78, 5) is 5.44. The highest BCUT2D eigenvalue weighted by Gasteiger charge is 2.34. The highest BCUT2D eigenvalue weighted by atomic mass is 19.2. The molecule has 0 radical (unpaired) electrons. The van der Waals surface area contributed by atoms with Crippen molar-refractivity contribution >= 4 is 5.82 Å². The van der Waals surface area contributed by atoms with Crippen LogP contribution in [-0.2, 0) is 0 Å². The molecule has 0 aromatic carbocycles. The van der Waals surface area contributed by atoms with E-state index in [0.717, 1.165) is 0 Å². The van der Waals surface area contributed by atoms with Crippen molar-refractivity contribution in [2.75, 3.05) is 18.0 Å². The quantitative estimate of drug-likeness (QED) is 0.702. The number of alkyl halides is 2. The normalized spacial score (nSPS) is 25.3. The maximum Gasteiger partial charge on any atom is 0.150 e. The topological polar surface area (TPSA) is 39.9 Å². The Morgan fingerprint density at radius 1 is 1.40 bits per heavy atom. The van der Waals surface area contributed by atoms with Crippen molar-refractivity contribution in [1.82, 2.24) is 4.98 Å². The molecule has 0 aliphatic carbocycles. The monoisotopic (exact) mass is 209 g/mol. The van der Waals surface area contributed by atoms with Gasteiger partial charge in [-0.3, -0.25) is 0 Å². The molecule has 0 unspecified atom stereocenters. The number of aromatic nitrogens is 1. The van der Waals surface area contributed by atoms with Crippen LogP contribution < -0.4 is 4.90 Å². The van der Waals surface area contributed by atoms with Crippen LogP contribution >= 0.6 is 0 Å². The van der Waals surface area contributed by atoms with Crippen LogP contribution in [0.25, 0.3) is 0 Å². The van der Waals surface area contributed by atoms with Crippen molar-refractivity contribution in [1.29, 1.82) is 5.26 Å². The summed E-state index contributed by atoms with van der Waals surface area (Å²) in [6, 6.07) is 5.16. The molecule has 1 aromatic rings. The van der Waals surface area contributed by atoms with Crippen LogP contribution in [0.4, 0.5) is 14.6 Å². The van der Waals surface area contributed by atoms with Gasteiger partial charge in [0.15, 0.2) is 12.3 Å². The van der Waals surface area contributed by atoms with Gasteiger partial charge in [0.1, 0.15) is 11.9 Å². The molecule has 1 fully saturated rings. The lowest BCUT2D eigenvalue weighted by atomic mass is 10.2. The predicted octanol–water partition coefficient (Wildman–Crippen LogP) is 1.45. The van der Waals surface area contributed by atoms with Gasteiger partial charge in [0.2, 0.25) is 0 Å². The van der Waals surface area contributed by atoms with Crippen LogP contribution in [0.3, 0.4) is 0 Å². The van der Waals surface area contributed by atoms with E-state index in [2.05, 4.69) is 4.98 Å². The SMILES string of the molecule is N#Cc1cccnc1N1C[C@@H](F)[C@@H](F)C1. The summed E-state index contributed by atoms with van der Waals surface area (Å²) in [5.74, 6) is 0.364. The zero-order valence-corrected chi connectivity index (χ0v) is 7.90. The molecule has 1 saturated heterocycles. The van der Waals surface area contributed by atoms with Crippen molar-refractivity contribution in [3.05, 3.63) is 23.9 Å². The van der Waals surface area contributed by atoms with E-state index >= 15 is 0 Å². The number of hydrogen-bond donors (Lipinski definition) is 0. The summed E-state index contributed by atoms with van der Waals surface area (Å²) in [5.41, 5.74) is 0.346. The maximum absolute atomic E-state index is 13.0. The molecule has 1 aliphatic heterocycles. The molecule has 2 rings (SSSR count). The molecule has 2 atom stereocenters. The van der Waals surface area contributed by atoms with E-state index in [0.29, 0.717) is 11.4 Å². The number of rotatable bonds is 1. The molecule has 78 valence electrons. The van der Waals surface area contributed by atoms with E-state index in [1.165, 1.54) is 11.1 Å². The Bertz CT molecular complexity index is 392. The lowest BCUT2D eigenvalue weighted by molar-refractivity contribution is 0.217. The number of halogens is 2. The average molecular weight is 209 g/mol. The second-order valence-corrected chi connectivity index (χ2v) is 3.42. The first-order chi connectivity index (χ1) is 7.22. The smallest absolute Gasteiger partial charge is 0.150 e. The third-order valence-corrected chi connectivity index (χ3v) is 2.39. The predicted molar refractivity (Wildman–Crippen MR) is 51.0 cm³/mol. The number of nitrogens with zero attached hydrogens (tertiary/aromatic N) is 3. The molecular weight excluding hydrogens is 200 g/mol. The van der Waals surface area contributed by atoms with E-state index in [1.54, 1.807) is 12.1 Å². The third kappa shape index (κ3) is 1.75. The van der Waals surface area contributed by atoms with Gasteiger partial charge < -0.3 is 4.90 Å². The Hall–Kier alpha value is -1.70. The van der Waals surface area contributed by atoms with Gasteiger partial charge in [-0.05, 0) is 12.1 Å². The second-order valence-electron chi connectivity index (χ2n) is 3.42. The number of nitriles is 1. The van der Waals surface area contributed by atoms with Gasteiger partial charge in [0, 0.05) is 6.20 Å². The molecule has 5 heteroatoms.